The third-order valence-electron chi connectivity index (χ3n) is 9.14. The summed E-state index contributed by atoms with van der Waals surface area (Å²) in [6.07, 6.45) is 0. The number of benzene rings is 5. The van der Waals surface area contributed by atoms with Crippen LogP contribution in [-0.2, 0) is 5.41 Å². The molecule has 0 amide bonds. The highest BCUT2D eigenvalue weighted by Crippen LogP contribution is 2.55. The van der Waals surface area contributed by atoms with Crippen molar-refractivity contribution in [1.82, 2.24) is 19.9 Å². The number of para-hydroxylation sites is 1. The molecule has 8 aromatic rings. The molecular weight excluding hydrogens is 564 g/mol. The smallest absolute Gasteiger partial charge is 0.228 e. The van der Waals surface area contributed by atoms with Crippen molar-refractivity contribution in [2.45, 2.75) is 19.3 Å². The molecule has 46 heavy (non-hydrogen) atoms. The molecule has 5 aromatic carbocycles. The minimum absolute atomic E-state index is 0.221. The van der Waals surface area contributed by atoms with Gasteiger partial charge in [-0.05, 0) is 22.8 Å². The maximum Gasteiger partial charge on any atom is 0.228 e. The van der Waals surface area contributed by atoms with Crippen LogP contribution in [0.5, 0.6) is 0 Å². The van der Waals surface area contributed by atoms with E-state index >= 15 is 0 Å². The van der Waals surface area contributed by atoms with Crippen molar-refractivity contribution >= 4 is 22.1 Å². The van der Waals surface area contributed by atoms with Gasteiger partial charge in [0.1, 0.15) is 5.58 Å². The molecule has 0 saturated carbocycles. The van der Waals surface area contributed by atoms with Crippen molar-refractivity contribution in [3.05, 3.63) is 145 Å². The molecule has 0 spiro atoms. The highest BCUT2D eigenvalue weighted by molar-refractivity contribution is 6.11. The number of fused-ring (bicyclic) bond motifs is 7. The van der Waals surface area contributed by atoms with Crippen molar-refractivity contribution in [1.29, 1.82) is 0 Å². The largest absolute Gasteiger partial charge is 0.438 e. The predicted octanol–water partition coefficient (Wildman–Crippen LogP) is 10.1. The summed E-state index contributed by atoms with van der Waals surface area (Å²) >= 11 is 0. The first kappa shape index (κ1) is 26.5. The average molecular weight is 593 g/mol. The van der Waals surface area contributed by atoms with Gasteiger partial charge in [0, 0.05) is 38.6 Å². The Kier molecular flexibility index (Phi) is 5.78. The minimum atomic E-state index is -0.221. The van der Waals surface area contributed by atoms with Crippen LogP contribution in [0.1, 0.15) is 25.0 Å². The van der Waals surface area contributed by atoms with Gasteiger partial charge in [0.05, 0.1) is 11.1 Å². The number of hydrogen-bond donors (Lipinski definition) is 0. The monoisotopic (exact) mass is 592 g/mol. The second-order valence-corrected chi connectivity index (χ2v) is 12.3. The van der Waals surface area contributed by atoms with E-state index in [-0.39, 0.29) is 5.41 Å². The summed E-state index contributed by atoms with van der Waals surface area (Å²) in [4.78, 5) is 19.9. The van der Waals surface area contributed by atoms with Crippen molar-refractivity contribution in [2.24, 2.45) is 0 Å². The first-order valence-corrected chi connectivity index (χ1v) is 15.5. The average Bonchev–Trinajstić information content (AvgIpc) is 3.60. The zero-order valence-corrected chi connectivity index (χ0v) is 25.4. The molecule has 0 unspecified atom stereocenters. The first-order chi connectivity index (χ1) is 22.6. The van der Waals surface area contributed by atoms with Gasteiger partial charge in [-0.1, -0.05) is 141 Å². The summed E-state index contributed by atoms with van der Waals surface area (Å²) in [7, 11) is 0. The van der Waals surface area contributed by atoms with Crippen LogP contribution in [0.25, 0.3) is 78.6 Å². The molecule has 3 heterocycles. The summed E-state index contributed by atoms with van der Waals surface area (Å²) in [6.45, 7) is 4.61. The second kappa shape index (κ2) is 10.0. The molecule has 0 radical (unpaired) electrons. The Labute approximate surface area is 266 Å². The van der Waals surface area contributed by atoms with Crippen molar-refractivity contribution in [3.63, 3.8) is 0 Å². The van der Waals surface area contributed by atoms with Crippen LogP contribution in [-0.4, -0.2) is 19.9 Å². The number of pyridine rings is 1. The second-order valence-electron chi connectivity index (χ2n) is 12.3. The summed E-state index contributed by atoms with van der Waals surface area (Å²) < 4.78 is 6.40. The van der Waals surface area contributed by atoms with E-state index in [4.69, 9.17) is 24.4 Å². The lowest BCUT2D eigenvalue weighted by Gasteiger charge is -2.22. The Hall–Kier alpha value is -5.94. The Morgan fingerprint density at radius 2 is 1.02 bits per heavy atom. The van der Waals surface area contributed by atoms with Crippen molar-refractivity contribution < 1.29 is 4.42 Å². The van der Waals surface area contributed by atoms with E-state index in [0.29, 0.717) is 23.2 Å². The van der Waals surface area contributed by atoms with Gasteiger partial charge in [0.15, 0.2) is 17.5 Å². The Morgan fingerprint density at radius 3 is 1.67 bits per heavy atom. The minimum Gasteiger partial charge on any atom is -0.438 e. The van der Waals surface area contributed by atoms with Crippen molar-refractivity contribution in [2.75, 3.05) is 0 Å². The molecule has 5 heteroatoms. The molecule has 0 bridgehead atoms. The highest BCUT2D eigenvalue weighted by Gasteiger charge is 2.40. The normalized spacial score (nSPS) is 13.2. The summed E-state index contributed by atoms with van der Waals surface area (Å²) in [5, 5.41) is 2.20. The lowest BCUT2D eigenvalue weighted by atomic mass is 9.80. The van der Waals surface area contributed by atoms with E-state index < -0.39 is 0 Å². The SMILES string of the molecule is CC1(C)c2ccccc2-c2c(-c3ccc(-c4nc(-c5ccccc5)nc(-c5ccccc5)n4)cc3)nc3oc4ccccc4c3c21. The first-order valence-electron chi connectivity index (χ1n) is 15.5. The van der Waals surface area contributed by atoms with E-state index in [1.165, 1.54) is 22.3 Å². The zero-order valence-electron chi connectivity index (χ0n) is 25.4. The van der Waals surface area contributed by atoms with Gasteiger partial charge in [0.2, 0.25) is 5.71 Å². The van der Waals surface area contributed by atoms with Crippen LogP contribution >= 0.6 is 0 Å². The maximum atomic E-state index is 6.40. The predicted molar refractivity (Wildman–Crippen MR) is 184 cm³/mol. The molecule has 0 atom stereocenters. The molecule has 5 nitrogen and oxygen atoms in total. The van der Waals surface area contributed by atoms with Crippen LogP contribution in [0.4, 0.5) is 0 Å². The lowest BCUT2D eigenvalue weighted by Crippen LogP contribution is -2.15. The third kappa shape index (κ3) is 4.02. The van der Waals surface area contributed by atoms with Gasteiger partial charge in [-0.3, -0.25) is 0 Å². The Balaban J connectivity index is 1.23. The Bertz CT molecular complexity index is 2370. The van der Waals surface area contributed by atoms with Gasteiger partial charge in [-0.25, -0.2) is 19.9 Å². The van der Waals surface area contributed by atoms with Crippen LogP contribution in [0.15, 0.2) is 138 Å². The van der Waals surface area contributed by atoms with Gasteiger partial charge >= 0.3 is 0 Å². The summed E-state index contributed by atoms with van der Waals surface area (Å²) in [5.41, 5.74) is 11.0. The van der Waals surface area contributed by atoms with Gasteiger partial charge < -0.3 is 4.42 Å². The standard InChI is InChI=1S/C41H28N4O/c1-41(2)31-19-11-9-17-29(31)33-35(41)34-30-18-10-12-20-32(30)46-40(34)42-36(33)25-21-23-28(24-22-25)39-44-37(26-13-5-3-6-14-26)43-38(45-39)27-15-7-4-8-16-27/h3-24H,1-2H3. The quantitative estimate of drug-likeness (QED) is 0.203. The van der Waals surface area contributed by atoms with Gasteiger partial charge in [-0.2, -0.15) is 0 Å². The molecule has 3 aromatic heterocycles. The van der Waals surface area contributed by atoms with Crippen molar-refractivity contribution in [3.8, 4) is 56.5 Å². The molecule has 1 aliphatic rings. The van der Waals surface area contributed by atoms with Crippen LogP contribution in [0.2, 0.25) is 0 Å². The topological polar surface area (TPSA) is 64.7 Å². The molecule has 9 rings (SSSR count). The third-order valence-corrected chi connectivity index (χ3v) is 9.14. The lowest BCUT2D eigenvalue weighted by molar-refractivity contribution is 0.647. The van der Waals surface area contributed by atoms with Crippen LogP contribution in [0.3, 0.4) is 0 Å². The van der Waals surface area contributed by atoms with E-state index in [1.807, 2.05) is 72.8 Å². The molecular formula is C41H28N4O. The van der Waals surface area contributed by atoms with E-state index in [0.717, 1.165) is 44.3 Å². The molecule has 0 saturated heterocycles. The number of aromatic nitrogens is 4. The molecule has 0 aliphatic heterocycles. The number of nitrogens with zero attached hydrogens (tertiary/aromatic N) is 4. The summed E-state index contributed by atoms with van der Waals surface area (Å²) in [5.74, 6) is 1.90. The van der Waals surface area contributed by atoms with Crippen LogP contribution < -0.4 is 0 Å². The number of rotatable bonds is 4. The fourth-order valence-corrected chi connectivity index (χ4v) is 6.95. The highest BCUT2D eigenvalue weighted by atomic mass is 16.3. The zero-order chi connectivity index (χ0) is 30.8. The molecule has 1 aliphatic carbocycles. The van der Waals surface area contributed by atoms with E-state index in [1.54, 1.807) is 0 Å². The van der Waals surface area contributed by atoms with E-state index in [2.05, 4.69) is 74.5 Å². The molecule has 218 valence electrons. The summed E-state index contributed by atoms with van der Waals surface area (Å²) in [6, 6.07) is 45.4. The van der Waals surface area contributed by atoms with Gasteiger partial charge in [0.25, 0.3) is 0 Å². The van der Waals surface area contributed by atoms with Crippen LogP contribution in [0, 0.1) is 0 Å². The molecule has 0 fully saturated rings. The van der Waals surface area contributed by atoms with Gasteiger partial charge in [-0.15, -0.1) is 0 Å². The number of hydrogen-bond acceptors (Lipinski definition) is 5. The molecule has 0 N–H and O–H groups in total. The number of furan rings is 1. The maximum absolute atomic E-state index is 6.40. The Morgan fingerprint density at radius 1 is 0.500 bits per heavy atom. The van der Waals surface area contributed by atoms with E-state index in [9.17, 15) is 0 Å². The fourth-order valence-electron chi connectivity index (χ4n) is 6.95. The fraction of sp³-hybridized carbons (Fsp3) is 0.0732.